The molecule has 0 atom stereocenters. The first-order valence-corrected chi connectivity index (χ1v) is 8.52. The van der Waals surface area contributed by atoms with Gasteiger partial charge in [0, 0.05) is 18.5 Å². The van der Waals surface area contributed by atoms with E-state index in [4.69, 9.17) is 5.14 Å². The molecule has 1 fully saturated rings. The molecule has 0 radical (unpaired) electrons. The topological polar surface area (TPSA) is 80.5 Å². The van der Waals surface area contributed by atoms with Crippen molar-refractivity contribution < 1.29 is 13.2 Å². The second kappa shape index (κ2) is 4.88. The van der Waals surface area contributed by atoms with Gasteiger partial charge in [-0.2, -0.15) is 0 Å². The third-order valence-corrected chi connectivity index (χ3v) is 5.68. The first kappa shape index (κ1) is 14.5. The summed E-state index contributed by atoms with van der Waals surface area (Å²) in [6, 6.07) is 1.37. The zero-order valence-corrected chi connectivity index (χ0v) is 12.7. The number of hydrogen-bond acceptors (Lipinski definition) is 4. The highest BCUT2D eigenvalue weighted by molar-refractivity contribution is 7.91. The first-order valence-electron chi connectivity index (χ1n) is 6.10. The van der Waals surface area contributed by atoms with Crippen LogP contribution in [0.25, 0.3) is 0 Å². The Kier molecular flexibility index (Phi) is 3.72. The van der Waals surface area contributed by atoms with Gasteiger partial charge in [0.05, 0.1) is 5.56 Å². The predicted octanol–water partition coefficient (Wildman–Crippen LogP) is 1.66. The van der Waals surface area contributed by atoms with Crippen LogP contribution in [-0.4, -0.2) is 32.3 Å². The lowest BCUT2D eigenvalue weighted by Gasteiger charge is -2.37. The molecule has 19 heavy (non-hydrogen) atoms. The van der Waals surface area contributed by atoms with Crippen LogP contribution in [-0.2, 0) is 10.0 Å². The van der Waals surface area contributed by atoms with Gasteiger partial charge in [0.1, 0.15) is 4.21 Å². The molecule has 5 nitrogen and oxygen atoms in total. The minimum atomic E-state index is -3.72. The third kappa shape index (κ3) is 3.34. The van der Waals surface area contributed by atoms with Gasteiger partial charge in [0.2, 0.25) is 10.0 Å². The Labute approximate surface area is 117 Å². The molecule has 0 spiro atoms. The molecule has 2 N–H and O–H groups in total. The highest BCUT2D eigenvalue weighted by Crippen LogP contribution is 2.30. The lowest BCUT2D eigenvalue weighted by atomic mass is 9.84. The highest BCUT2D eigenvalue weighted by atomic mass is 32.2. The number of rotatable bonds is 2. The van der Waals surface area contributed by atoms with E-state index in [-0.39, 0.29) is 15.5 Å². The molecule has 106 valence electrons. The Balaban J connectivity index is 2.18. The van der Waals surface area contributed by atoms with Crippen LogP contribution in [0.1, 0.15) is 37.0 Å². The number of amides is 1. The summed E-state index contributed by atoms with van der Waals surface area (Å²) in [5.41, 5.74) is 0.527. The van der Waals surface area contributed by atoms with Gasteiger partial charge in [-0.1, -0.05) is 13.8 Å². The van der Waals surface area contributed by atoms with Gasteiger partial charge in [-0.25, -0.2) is 13.6 Å². The fourth-order valence-corrected chi connectivity index (χ4v) is 3.94. The third-order valence-electron chi connectivity index (χ3n) is 3.29. The second-order valence-electron chi connectivity index (χ2n) is 5.69. The molecule has 0 saturated carbocycles. The monoisotopic (exact) mass is 302 g/mol. The molecule has 1 aromatic heterocycles. The minimum absolute atomic E-state index is 0.0344. The molecular formula is C12H18N2O3S2. The first-order chi connectivity index (χ1) is 8.69. The Bertz CT molecular complexity index is 590. The molecule has 0 aromatic carbocycles. The summed E-state index contributed by atoms with van der Waals surface area (Å²) in [5, 5.41) is 6.61. The largest absolute Gasteiger partial charge is 0.338 e. The summed E-state index contributed by atoms with van der Waals surface area (Å²) in [5.74, 6) is -0.112. The number of likely N-dealkylation sites (tertiary alicyclic amines) is 1. The maximum atomic E-state index is 12.3. The lowest BCUT2D eigenvalue weighted by molar-refractivity contribution is 0.0584. The molecule has 0 aliphatic carbocycles. The fourth-order valence-electron chi connectivity index (χ4n) is 2.36. The Morgan fingerprint density at radius 3 is 2.68 bits per heavy atom. The smallest absolute Gasteiger partial charge is 0.254 e. The van der Waals surface area contributed by atoms with Crippen molar-refractivity contribution in [2.75, 3.05) is 13.1 Å². The standard InChI is InChI=1S/C12H18N2O3S2/c1-12(2)4-3-5-14(8-12)11(15)9-6-10(18-7-9)19(13,16)17/h6-7H,3-5,8H2,1-2H3,(H2,13,16,17). The van der Waals surface area contributed by atoms with E-state index >= 15 is 0 Å². The van der Waals surface area contributed by atoms with E-state index in [9.17, 15) is 13.2 Å². The number of nitrogens with zero attached hydrogens (tertiary/aromatic N) is 1. The second-order valence-corrected chi connectivity index (χ2v) is 8.39. The van der Waals surface area contributed by atoms with Crippen molar-refractivity contribution in [1.82, 2.24) is 4.90 Å². The fraction of sp³-hybridized carbons (Fsp3) is 0.583. The van der Waals surface area contributed by atoms with Crippen LogP contribution in [0.5, 0.6) is 0 Å². The maximum Gasteiger partial charge on any atom is 0.254 e. The van der Waals surface area contributed by atoms with Crippen LogP contribution >= 0.6 is 11.3 Å². The number of carbonyl (C=O) groups excluding carboxylic acids is 1. The van der Waals surface area contributed by atoms with E-state index in [0.29, 0.717) is 12.1 Å². The van der Waals surface area contributed by atoms with Crippen molar-refractivity contribution in [2.24, 2.45) is 10.6 Å². The van der Waals surface area contributed by atoms with Crippen LogP contribution in [0.15, 0.2) is 15.7 Å². The van der Waals surface area contributed by atoms with E-state index in [1.54, 1.807) is 10.3 Å². The lowest BCUT2D eigenvalue weighted by Crippen LogP contribution is -2.43. The van der Waals surface area contributed by atoms with Gasteiger partial charge >= 0.3 is 0 Å². The molecule has 1 aliphatic rings. The van der Waals surface area contributed by atoms with E-state index in [2.05, 4.69) is 13.8 Å². The number of carbonyl (C=O) groups is 1. The van der Waals surface area contributed by atoms with Crippen LogP contribution in [0.4, 0.5) is 0 Å². The van der Waals surface area contributed by atoms with Crippen LogP contribution in [0.2, 0.25) is 0 Å². The Morgan fingerprint density at radius 1 is 1.47 bits per heavy atom. The van der Waals surface area contributed by atoms with Crippen molar-refractivity contribution in [2.45, 2.75) is 30.9 Å². The summed E-state index contributed by atoms with van der Waals surface area (Å²) in [6.07, 6.45) is 2.08. The zero-order chi connectivity index (χ0) is 14.3. The molecule has 0 unspecified atom stereocenters. The van der Waals surface area contributed by atoms with E-state index in [1.165, 1.54) is 6.07 Å². The quantitative estimate of drug-likeness (QED) is 0.902. The van der Waals surface area contributed by atoms with Crippen LogP contribution < -0.4 is 5.14 Å². The number of primary sulfonamides is 1. The number of sulfonamides is 1. The van der Waals surface area contributed by atoms with Crippen molar-refractivity contribution in [3.8, 4) is 0 Å². The molecule has 2 heterocycles. The van der Waals surface area contributed by atoms with Crippen molar-refractivity contribution in [3.63, 3.8) is 0 Å². The van der Waals surface area contributed by atoms with Crippen LogP contribution in [0.3, 0.4) is 0 Å². The van der Waals surface area contributed by atoms with E-state index in [1.807, 2.05) is 0 Å². The van der Waals surface area contributed by atoms with Gasteiger partial charge in [0.25, 0.3) is 5.91 Å². The molecule has 0 bridgehead atoms. The van der Waals surface area contributed by atoms with E-state index < -0.39 is 10.0 Å². The number of piperidine rings is 1. The van der Waals surface area contributed by atoms with Crippen molar-refractivity contribution in [1.29, 1.82) is 0 Å². The highest BCUT2D eigenvalue weighted by Gasteiger charge is 2.30. The van der Waals surface area contributed by atoms with Gasteiger partial charge in [0.15, 0.2) is 0 Å². The average Bonchev–Trinajstić information content (AvgIpc) is 2.75. The van der Waals surface area contributed by atoms with Gasteiger partial charge < -0.3 is 4.90 Å². The number of hydrogen-bond donors (Lipinski definition) is 1. The molecule has 1 aromatic rings. The molecule has 1 aliphatic heterocycles. The average molecular weight is 302 g/mol. The summed E-state index contributed by atoms with van der Waals surface area (Å²) < 4.78 is 22.5. The molecular weight excluding hydrogens is 284 g/mol. The molecule has 1 saturated heterocycles. The Hall–Kier alpha value is -0.920. The minimum Gasteiger partial charge on any atom is -0.338 e. The van der Waals surface area contributed by atoms with Gasteiger partial charge in [-0.3, -0.25) is 4.79 Å². The van der Waals surface area contributed by atoms with E-state index in [0.717, 1.165) is 30.7 Å². The van der Waals surface area contributed by atoms with Gasteiger partial charge in [-0.15, -0.1) is 11.3 Å². The summed E-state index contributed by atoms with van der Waals surface area (Å²) in [4.78, 5) is 14.1. The molecule has 1 amide bonds. The molecule has 2 rings (SSSR count). The van der Waals surface area contributed by atoms with Crippen LogP contribution in [0, 0.1) is 5.41 Å². The number of nitrogens with two attached hydrogens (primary N) is 1. The van der Waals surface area contributed by atoms with Gasteiger partial charge in [-0.05, 0) is 24.3 Å². The van der Waals surface area contributed by atoms with Crippen molar-refractivity contribution >= 4 is 27.3 Å². The summed E-state index contributed by atoms with van der Waals surface area (Å²) in [7, 11) is -3.72. The Morgan fingerprint density at radius 2 is 2.16 bits per heavy atom. The zero-order valence-electron chi connectivity index (χ0n) is 11.0. The summed E-state index contributed by atoms with van der Waals surface area (Å²) in [6.45, 7) is 5.70. The molecule has 7 heteroatoms. The summed E-state index contributed by atoms with van der Waals surface area (Å²) >= 11 is 0.988. The maximum absolute atomic E-state index is 12.3. The number of thiophene rings is 1. The van der Waals surface area contributed by atoms with Crippen molar-refractivity contribution in [3.05, 3.63) is 17.0 Å². The SMILES string of the molecule is CC1(C)CCCN(C(=O)c2csc(S(N)(=O)=O)c2)C1. The predicted molar refractivity (Wildman–Crippen MR) is 74.6 cm³/mol. The normalized spacial score (nSPS) is 19.4.